The molecule has 56 valence electrons. The second-order valence-electron chi connectivity index (χ2n) is 1.99. The normalized spacial score (nSPS) is 33.2. The lowest BCUT2D eigenvalue weighted by Crippen LogP contribution is -2.28. The molecule has 0 aromatic heterocycles. The summed E-state index contributed by atoms with van der Waals surface area (Å²) in [7, 11) is 0. The molecule has 2 atom stereocenters. The number of hydrogen-bond acceptors (Lipinski definition) is 2. The summed E-state index contributed by atoms with van der Waals surface area (Å²) in [6, 6.07) is 0. The lowest BCUT2D eigenvalue weighted by atomic mass is 10.1. The highest BCUT2D eigenvalue weighted by Gasteiger charge is 2.25. The second-order valence-corrected chi connectivity index (χ2v) is 2.91. The van der Waals surface area contributed by atoms with Crippen LogP contribution in [-0.2, 0) is 0 Å². The van der Waals surface area contributed by atoms with Gasteiger partial charge in [-0.05, 0) is 12.2 Å². The first kappa shape index (κ1) is 7.91. The van der Waals surface area contributed by atoms with Gasteiger partial charge in [-0.25, -0.2) is 4.39 Å². The van der Waals surface area contributed by atoms with E-state index in [9.17, 15) is 4.39 Å². The fourth-order valence-electron chi connectivity index (χ4n) is 0.658. The van der Waals surface area contributed by atoms with Gasteiger partial charge < -0.3 is 10.2 Å². The van der Waals surface area contributed by atoms with Gasteiger partial charge in [-0.1, -0.05) is 15.9 Å². The van der Waals surface area contributed by atoms with Crippen LogP contribution in [0.4, 0.5) is 4.39 Å². The van der Waals surface area contributed by atoms with Gasteiger partial charge in [-0.2, -0.15) is 0 Å². The lowest BCUT2D eigenvalue weighted by molar-refractivity contribution is 0.0549. The van der Waals surface area contributed by atoms with Crippen molar-refractivity contribution in [3.8, 4) is 0 Å². The van der Waals surface area contributed by atoms with Crippen LogP contribution in [0.3, 0.4) is 0 Å². The fraction of sp³-hybridized carbons (Fsp3) is 0.333. The summed E-state index contributed by atoms with van der Waals surface area (Å²) in [5, 5.41) is 17.8. The Labute approximate surface area is 65.8 Å². The predicted molar refractivity (Wildman–Crippen MR) is 38.2 cm³/mol. The van der Waals surface area contributed by atoms with E-state index in [1.165, 1.54) is 6.08 Å². The number of rotatable bonds is 0. The van der Waals surface area contributed by atoms with Gasteiger partial charge in [0.05, 0.1) is 0 Å². The number of aliphatic hydroxyl groups excluding tert-OH is 2. The molecular formula is C6H6BrFO2. The minimum absolute atomic E-state index is 0.390. The zero-order chi connectivity index (χ0) is 7.72. The molecular weight excluding hydrogens is 203 g/mol. The highest BCUT2D eigenvalue weighted by atomic mass is 79.9. The van der Waals surface area contributed by atoms with Crippen LogP contribution in [-0.4, -0.2) is 22.4 Å². The summed E-state index contributed by atoms with van der Waals surface area (Å²) in [5.74, 6) is -0.712. The molecule has 0 bridgehead atoms. The average molecular weight is 209 g/mol. The fourth-order valence-corrected chi connectivity index (χ4v) is 1.04. The molecule has 1 rings (SSSR count). The van der Waals surface area contributed by atoms with E-state index in [1.54, 1.807) is 0 Å². The average Bonchev–Trinajstić information content (AvgIpc) is 1.93. The van der Waals surface area contributed by atoms with Gasteiger partial charge in [0, 0.05) is 4.48 Å². The molecule has 0 fully saturated rings. The molecule has 0 aromatic rings. The number of aliphatic hydroxyl groups is 2. The lowest BCUT2D eigenvalue weighted by Gasteiger charge is -2.18. The molecule has 0 radical (unpaired) electrons. The number of halogens is 2. The Morgan fingerprint density at radius 1 is 1.30 bits per heavy atom. The molecule has 0 heterocycles. The Morgan fingerprint density at radius 2 is 1.90 bits per heavy atom. The van der Waals surface area contributed by atoms with Crippen molar-refractivity contribution in [2.24, 2.45) is 0 Å². The molecule has 0 saturated carbocycles. The predicted octanol–water partition coefficient (Wildman–Crippen LogP) is 0.854. The molecule has 0 spiro atoms. The Bertz CT molecular complexity index is 178. The first-order valence-electron chi connectivity index (χ1n) is 2.72. The maximum atomic E-state index is 12.4. The maximum absolute atomic E-state index is 12.4. The molecule has 0 saturated heterocycles. The SMILES string of the molecule is O[C@@H]1C(Br)=CC=C(F)[C@@H]1O. The summed E-state index contributed by atoms with van der Waals surface area (Å²) >= 11 is 2.96. The molecule has 2 N–H and O–H groups in total. The van der Waals surface area contributed by atoms with Gasteiger partial charge in [0.25, 0.3) is 0 Å². The van der Waals surface area contributed by atoms with E-state index in [4.69, 9.17) is 10.2 Å². The van der Waals surface area contributed by atoms with Crippen molar-refractivity contribution in [3.63, 3.8) is 0 Å². The van der Waals surface area contributed by atoms with E-state index < -0.39 is 18.0 Å². The van der Waals surface area contributed by atoms with Crippen molar-refractivity contribution in [2.75, 3.05) is 0 Å². The minimum atomic E-state index is -1.42. The first-order valence-corrected chi connectivity index (χ1v) is 3.51. The van der Waals surface area contributed by atoms with E-state index >= 15 is 0 Å². The van der Waals surface area contributed by atoms with Crippen LogP contribution in [0.1, 0.15) is 0 Å². The standard InChI is InChI=1S/C6H6BrFO2/c7-3-1-2-4(8)6(10)5(3)9/h1-2,5-6,9-10H/t5-,6+/m1/s1. The molecule has 0 aromatic carbocycles. The highest BCUT2D eigenvalue weighted by Crippen LogP contribution is 2.24. The Hall–Kier alpha value is -0.190. The third-order valence-electron chi connectivity index (χ3n) is 1.27. The van der Waals surface area contributed by atoms with Crippen molar-refractivity contribution < 1.29 is 14.6 Å². The summed E-state index contributed by atoms with van der Waals surface area (Å²) in [4.78, 5) is 0. The van der Waals surface area contributed by atoms with Gasteiger partial charge in [0.1, 0.15) is 18.0 Å². The van der Waals surface area contributed by atoms with Crippen LogP contribution in [0.15, 0.2) is 22.5 Å². The summed E-state index contributed by atoms with van der Waals surface area (Å²) in [5.41, 5.74) is 0. The summed E-state index contributed by atoms with van der Waals surface area (Å²) in [6.45, 7) is 0. The number of allylic oxidation sites excluding steroid dienone is 2. The first-order chi connectivity index (χ1) is 4.63. The van der Waals surface area contributed by atoms with Crippen molar-refractivity contribution >= 4 is 15.9 Å². The Kier molecular flexibility index (Phi) is 2.23. The summed E-state index contributed by atoms with van der Waals surface area (Å²) in [6.07, 6.45) is -0.0989. The van der Waals surface area contributed by atoms with E-state index in [1.807, 2.05) is 0 Å². The topological polar surface area (TPSA) is 40.5 Å². The van der Waals surface area contributed by atoms with Crippen molar-refractivity contribution in [3.05, 3.63) is 22.5 Å². The smallest absolute Gasteiger partial charge is 0.136 e. The molecule has 1 aliphatic rings. The molecule has 0 unspecified atom stereocenters. The Morgan fingerprint density at radius 3 is 2.40 bits per heavy atom. The number of hydrogen-bond donors (Lipinski definition) is 2. The minimum Gasteiger partial charge on any atom is -0.385 e. The van der Waals surface area contributed by atoms with Crippen molar-refractivity contribution in [1.29, 1.82) is 0 Å². The molecule has 0 aliphatic heterocycles. The van der Waals surface area contributed by atoms with Gasteiger partial charge in [0.2, 0.25) is 0 Å². The zero-order valence-electron chi connectivity index (χ0n) is 4.96. The quantitative estimate of drug-likeness (QED) is 0.620. The zero-order valence-corrected chi connectivity index (χ0v) is 6.55. The highest BCUT2D eigenvalue weighted by molar-refractivity contribution is 9.11. The van der Waals surface area contributed by atoms with Crippen LogP contribution in [0, 0.1) is 0 Å². The van der Waals surface area contributed by atoms with Crippen LogP contribution >= 0.6 is 15.9 Å². The third kappa shape index (κ3) is 1.28. The van der Waals surface area contributed by atoms with E-state index in [-0.39, 0.29) is 0 Å². The van der Waals surface area contributed by atoms with Gasteiger partial charge >= 0.3 is 0 Å². The molecule has 4 heteroatoms. The van der Waals surface area contributed by atoms with Gasteiger partial charge in [-0.15, -0.1) is 0 Å². The molecule has 10 heavy (non-hydrogen) atoms. The van der Waals surface area contributed by atoms with Crippen molar-refractivity contribution in [2.45, 2.75) is 12.2 Å². The second kappa shape index (κ2) is 2.82. The molecule has 2 nitrogen and oxygen atoms in total. The largest absolute Gasteiger partial charge is 0.385 e. The van der Waals surface area contributed by atoms with Crippen LogP contribution in [0.25, 0.3) is 0 Å². The Balaban J connectivity index is 2.86. The van der Waals surface area contributed by atoms with Crippen LogP contribution in [0.2, 0.25) is 0 Å². The molecule has 1 aliphatic carbocycles. The monoisotopic (exact) mass is 208 g/mol. The third-order valence-corrected chi connectivity index (χ3v) is 2.00. The van der Waals surface area contributed by atoms with Crippen molar-refractivity contribution in [1.82, 2.24) is 0 Å². The van der Waals surface area contributed by atoms with E-state index in [0.29, 0.717) is 4.48 Å². The van der Waals surface area contributed by atoms with Crippen LogP contribution in [0.5, 0.6) is 0 Å². The van der Waals surface area contributed by atoms with Gasteiger partial charge in [-0.3, -0.25) is 0 Å². The van der Waals surface area contributed by atoms with E-state index in [2.05, 4.69) is 15.9 Å². The van der Waals surface area contributed by atoms with E-state index in [0.717, 1.165) is 6.08 Å². The summed E-state index contributed by atoms with van der Waals surface area (Å²) < 4.78 is 12.8. The van der Waals surface area contributed by atoms with Crippen LogP contribution < -0.4 is 0 Å². The maximum Gasteiger partial charge on any atom is 0.136 e. The molecule has 0 amide bonds. The van der Waals surface area contributed by atoms with Gasteiger partial charge in [0.15, 0.2) is 0 Å².